The Hall–Kier alpha value is -2.52. The van der Waals surface area contributed by atoms with Gasteiger partial charge in [-0.1, -0.05) is 71.5 Å². The maximum absolute atomic E-state index is 12.9. The number of aryl methyl sites for hydroxylation is 1. The number of benzene rings is 1. The average molecular weight is 590 g/mol. The molecule has 0 saturated carbocycles. The molecule has 6 nitrogen and oxygen atoms in total. The Balaban J connectivity index is 1.63. The maximum atomic E-state index is 12.9. The monoisotopic (exact) mass is 589 g/mol. The molecule has 0 bridgehead atoms. The van der Waals surface area contributed by atoms with Crippen LogP contribution < -0.4 is 4.72 Å². The third-order valence-corrected chi connectivity index (χ3v) is 15.7. The van der Waals surface area contributed by atoms with Crippen LogP contribution in [0.5, 0.6) is 0 Å². The molecule has 2 atom stereocenters. The fourth-order valence-electron chi connectivity index (χ4n) is 4.61. The number of fused-ring (bicyclic) bond motifs is 1. The van der Waals surface area contributed by atoms with E-state index in [2.05, 4.69) is 81.9 Å². The van der Waals surface area contributed by atoms with Crippen molar-refractivity contribution in [2.45, 2.75) is 103 Å². The van der Waals surface area contributed by atoms with Crippen LogP contribution in [0.3, 0.4) is 0 Å². The van der Waals surface area contributed by atoms with Crippen molar-refractivity contribution < 1.29 is 4.55 Å². The number of hydrogen-bond acceptors (Lipinski definition) is 5. The number of rotatable bonds is 10. The highest BCUT2D eigenvalue weighted by molar-refractivity contribution is 7.90. The number of pyridine rings is 2. The van der Waals surface area contributed by atoms with Crippen LogP contribution in [0.2, 0.25) is 24.2 Å². The molecule has 1 N–H and O–H groups in total. The molecule has 0 aliphatic carbocycles. The summed E-state index contributed by atoms with van der Waals surface area (Å²) in [6, 6.07) is 17.9. The molecule has 3 heterocycles. The zero-order valence-corrected chi connectivity index (χ0v) is 28.1. The van der Waals surface area contributed by atoms with Gasteiger partial charge < -0.3 is 4.55 Å². The normalized spacial score (nSPS) is 14.4. The SMILES string of the molecule is CCC[C@H](N[S+]([O-])C(C)(C)C)c1ccnc(-c2ccc3cnn(-c4cccc(CC[Si](C)(C)C(C)(C)C)n4)c3c2)c1. The van der Waals surface area contributed by atoms with E-state index in [1.165, 1.54) is 6.04 Å². The van der Waals surface area contributed by atoms with Crippen LogP contribution in [-0.4, -0.2) is 37.1 Å². The standard InChI is InChI=1S/C33H47N5OSSi/c1-10-12-28(37-40(39)32(2,3)4)25-17-19-34-29(21-25)24-15-16-26-23-35-38(30(26)22-24)31-14-11-13-27(36-31)18-20-41(8,9)33(5,6)7/h11,13-17,19,21-23,28,37H,10,12,18,20H2,1-9H3/t28-,40?/m0/s1. The molecule has 1 unspecified atom stereocenters. The molecule has 1 aromatic carbocycles. The van der Waals surface area contributed by atoms with Crippen LogP contribution >= 0.6 is 0 Å². The number of nitrogens with zero attached hydrogens (tertiary/aromatic N) is 4. The average Bonchev–Trinajstić information content (AvgIpc) is 3.34. The number of nitrogens with one attached hydrogen (secondary N) is 1. The molecular weight excluding hydrogens is 543 g/mol. The Morgan fingerprint density at radius 2 is 1.78 bits per heavy atom. The molecule has 4 aromatic rings. The Morgan fingerprint density at radius 3 is 2.46 bits per heavy atom. The van der Waals surface area contributed by atoms with Crippen molar-refractivity contribution in [2.24, 2.45) is 0 Å². The lowest BCUT2D eigenvalue weighted by Gasteiger charge is -2.37. The fraction of sp³-hybridized carbons (Fsp3) is 0.485. The summed E-state index contributed by atoms with van der Waals surface area (Å²) in [4.78, 5) is 9.74. The van der Waals surface area contributed by atoms with Gasteiger partial charge in [0.15, 0.2) is 5.82 Å². The Bertz CT molecular complexity index is 1470. The van der Waals surface area contributed by atoms with Gasteiger partial charge in [-0.3, -0.25) is 4.98 Å². The molecule has 220 valence electrons. The molecule has 0 saturated heterocycles. The fourth-order valence-corrected chi connectivity index (χ4v) is 7.11. The van der Waals surface area contributed by atoms with E-state index in [9.17, 15) is 4.55 Å². The van der Waals surface area contributed by atoms with Crippen LogP contribution in [0.25, 0.3) is 28.0 Å². The van der Waals surface area contributed by atoms with Gasteiger partial charge in [0, 0.05) is 34.2 Å². The maximum Gasteiger partial charge on any atom is 0.154 e. The first-order valence-electron chi connectivity index (χ1n) is 14.8. The second kappa shape index (κ2) is 12.4. The summed E-state index contributed by atoms with van der Waals surface area (Å²) in [5, 5.41) is 6.14. The van der Waals surface area contributed by atoms with Crippen LogP contribution in [0.15, 0.2) is 60.9 Å². The topological polar surface area (TPSA) is 78.7 Å². The molecule has 0 amide bonds. The van der Waals surface area contributed by atoms with Gasteiger partial charge in [-0.15, -0.1) is 4.72 Å². The Kier molecular flexibility index (Phi) is 9.48. The lowest BCUT2D eigenvalue weighted by Crippen LogP contribution is -2.41. The zero-order valence-electron chi connectivity index (χ0n) is 26.3. The summed E-state index contributed by atoms with van der Waals surface area (Å²) in [5.41, 5.74) is 5.11. The third kappa shape index (κ3) is 7.47. The molecule has 41 heavy (non-hydrogen) atoms. The largest absolute Gasteiger partial charge is 0.598 e. The second-order valence-electron chi connectivity index (χ2n) is 13.8. The lowest BCUT2D eigenvalue weighted by atomic mass is 10.0. The molecule has 0 aliphatic heterocycles. The van der Waals surface area contributed by atoms with E-state index in [0.717, 1.165) is 58.5 Å². The highest BCUT2D eigenvalue weighted by atomic mass is 32.2. The van der Waals surface area contributed by atoms with E-state index in [1.807, 2.05) is 50.0 Å². The number of hydrogen-bond donors (Lipinski definition) is 1. The molecule has 3 aromatic heterocycles. The predicted octanol–water partition coefficient (Wildman–Crippen LogP) is 8.43. The molecule has 0 aliphatic rings. The first-order valence-corrected chi connectivity index (χ1v) is 19.1. The predicted molar refractivity (Wildman–Crippen MR) is 176 cm³/mol. The van der Waals surface area contributed by atoms with E-state index in [-0.39, 0.29) is 10.8 Å². The molecule has 0 spiro atoms. The van der Waals surface area contributed by atoms with Crippen LogP contribution in [0, 0.1) is 0 Å². The highest BCUT2D eigenvalue weighted by Crippen LogP contribution is 2.39. The van der Waals surface area contributed by atoms with Gasteiger partial charge in [0.05, 0.1) is 31.5 Å². The Labute approximate surface area is 250 Å². The van der Waals surface area contributed by atoms with Crippen molar-refractivity contribution in [1.29, 1.82) is 0 Å². The van der Waals surface area contributed by atoms with Crippen molar-refractivity contribution in [2.75, 3.05) is 0 Å². The zero-order chi connectivity index (χ0) is 30.0. The van der Waals surface area contributed by atoms with Crippen molar-refractivity contribution >= 4 is 30.3 Å². The van der Waals surface area contributed by atoms with E-state index < -0.39 is 19.4 Å². The third-order valence-electron chi connectivity index (χ3n) is 8.48. The lowest BCUT2D eigenvalue weighted by molar-refractivity contribution is 0.509. The van der Waals surface area contributed by atoms with Crippen molar-refractivity contribution in [3.63, 3.8) is 0 Å². The van der Waals surface area contributed by atoms with Gasteiger partial charge in [-0.05, 0) is 74.5 Å². The molecule has 8 heteroatoms. The summed E-state index contributed by atoms with van der Waals surface area (Å²) >= 11 is -1.16. The minimum Gasteiger partial charge on any atom is -0.598 e. The highest BCUT2D eigenvalue weighted by Gasteiger charge is 2.34. The first kappa shape index (κ1) is 31.4. The second-order valence-corrected chi connectivity index (χ2v) is 21.5. The summed E-state index contributed by atoms with van der Waals surface area (Å²) in [6.45, 7) is 20.2. The van der Waals surface area contributed by atoms with Crippen molar-refractivity contribution in [3.05, 3.63) is 72.2 Å². The van der Waals surface area contributed by atoms with Crippen molar-refractivity contribution in [3.8, 4) is 17.1 Å². The molecule has 4 rings (SSSR count). The van der Waals surface area contributed by atoms with Gasteiger partial charge in [-0.25, -0.2) is 9.67 Å². The summed E-state index contributed by atoms with van der Waals surface area (Å²) < 4.78 is 17.9. The minimum atomic E-state index is -1.39. The first-order chi connectivity index (χ1) is 19.2. The van der Waals surface area contributed by atoms with Gasteiger partial charge in [-0.2, -0.15) is 5.10 Å². The van der Waals surface area contributed by atoms with Crippen molar-refractivity contribution in [1.82, 2.24) is 24.5 Å². The molecule has 0 fully saturated rings. The quantitative estimate of drug-likeness (QED) is 0.148. The van der Waals surface area contributed by atoms with Gasteiger partial charge in [0.2, 0.25) is 0 Å². The van der Waals surface area contributed by atoms with E-state index in [1.54, 1.807) is 0 Å². The molecular formula is C33H47N5OSSi. The minimum absolute atomic E-state index is 0.00525. The van der Waals surface area contributed by atoms with Crippen LogP contribution in [0.1, 0.15) is 78.6 Å². The van der Waals surface area contributed by atoms with Gasteiger partial charge >= 0.3 is 0 Å². The summed E-state index contributed by atoms with van der Waals surface area (Å²) in [5.74, 6) is 0.837. The van der Waals surface area contributed by atoms with Gasteiger partial charge in [0.1, 0.15) is 4.75 Å². The van der Waals surface area contributed by atoms with E-state index in [4.69, 9.17) is 15.1 Å². The molecule has 0 radical (unpaired) electrons. The number of aromatic nitrogens is 4. The summed E-state index contributed by atoms with van der Waals surface area (Å²) in [6.07, 6.45) is 6.62. The van der Waals surface area contributed by atoms with E-state index >= 15 is 0 Å². The van der Waals surface area contributed by atoms with Crippen LogP contribution in [-0.2, 0) is 17.8 Å². The van der Waals surface area contributed by atoms with E-state index in [0.29, 0.717) is 5.04 Å². The van der Waals surface area contributed by atoms with Crippen LogP contribution in [0.4, 0.5) is 0 Å². The summed E-state index contributed by atoms with van der Waals surface area (Å²) in [7, 11) is -1.39. The smallest absolute Gasteiger partial charge is 0.154 e. The Morgan fingerprint density at radius 1 is 1.02 bits per heavy atom. The van der Waals surface area contributed by atoms with Gasteiger partial charge in [0.25, 0.3) is 0 Å².